The third-order valence-electron chi connectivity index (χ3n) is 2.51. The molecule has 18 heavy (non-hydrogen) atoms. The number of ether oxygens (including phenoxy) is 2. The quantitative estimate of drug-likeness (QED) is 0.712. The highest BCUT2D eigenvalue weighted by Gasteiger charge is 2.10. The topological polar surface area (TPSA) is 31.4 Å². The van der Waals surface area contributed by atoms with E-state index in [0.29, 0.717) is 13.2 Å². The van der Waals surface area contributed by atoms with Crippen molar-refractivity contribution in [3.8, 4) is 11.5 Å². The first kappa shape index (κ1) is 12.4. The smallest absolute Gasteiger partial charge is 0.179 e. The van der Waals surface area contributed by atoms with E-state index in [0.717, 1.165) is 17.2 Å². The lowest BCUT2D eigenvalue weighted by Gasteiger charge is -2.17. The summed E-state index contributed by atoms with van der Waals surface area (Å²) in [5.74, 6) is 1.56. The van der Waals surface area contributed by atoms with Crippen LogP contribution in [0.3, 0.4) is 0 Å². The molecule has 0 unspecified atom stereocenters. The molecule has 0 amide bonds. The number of aromatic nitrogens is 1. The highest BCUT2D eigenvalue weighted by molar-refractivity contribution is 5.39. The zero-order valence-corrected chi connectivity index (χ0v) is 10.7. The summed E-state index contributed by atoms with van der Waals surface area (Å²) in [4.78, 5) is 4.09. The van der Waals surface area contributed by atoms with Gasteiger partial charge in [0.2, 0.25) is 0 Å². The van der Waals surface area contributed by atoms with Gasteiger partial charge in [-0.25, -0.2) is 0 Å². The molecular weight excluding hydrogens is 226 g/mol. The lowest BCUT2D eigenvalue weighted by atomic mass is 10.2. The van der Waals surface area contributed by atoms with Gasteiger partial charge < -0.3 is 9.47 Å². The molecule has 2 aromatic rings. The molecule has 94 valence electrons. The second kappa shape index (κ2) is 6.05. The molecule has 1 aromatic carbocycles. The predicted molar refractivity (Wildman–Crippen MR) is 71.1 cm³/mol. The Kier molecular flexibility index (Phi) is 4.18. The van der Waals surface area contributed by atoms with E-state index in [1.807, 2.05) is 31.2 Å². The Balaban J connectivity index is 0.000000149. The summed E-state index contributed by atoms with van der Waals surface area (Å²) in [6.45, 7) is 5.27. The largest absolute Gasteiger partial charge is 0.486 e. The Morgan fingerprint density at radius 3 is 2.22 bits per heavy atom. The van der Waals surface area contributed by atoms with Gasteiger partial charge in [-0.3, -0.25) is 4.98 Å². The van der Waals surface area contributed by atoms with Crippen molar-refractivity contribution in [2.24, 2.45) is 0 Å². The van der Waals surface area contributed by atoms with Gasteiger partial charge >= 0.3 is 0 Å². The molecule has 2 heterocycles. The Morgan fingerprint density at radius 1 is 0.944 bits per heavy atom. The summed E-state index contributed by atoms with van der Waals surface area (Å²) < 4.78 is 10.6. The first-order chi connectivity index (χ1) is 8.75. The average Bonchev–Trinajstić information content (AvgIpc) is 2.40. The molecule has 0 atom stereocenters. The van der Waals surface area contributed by atoms with Crippen molar-refractivity contribution < 1.29 is 9.47 Å². The van der Waals surface area contributed by atoms with Gasteiger partial charge in [-0.15, -0.1) is 0 Å². The van der Waals surface area contributed by atoms with Gasteiger partial charge in [-0.1, -0.05) is 35.9 Å². The maximum absolute atomic E-state index is 5.34. The first-order valence-electron chi connectivity index (χ1n) is 5.99. The summed E-state index contributed by atoms with van der Waals surface area (Å²) in [5.41, 5.74) is 2.27. The third-order valence-corrected chi connectivity index (χ3v) is 2.51. The number of benzene rings is 1. The molecule has 0 fully saturated rings. The molecule has 0 saturated heterocycles. The van der Waals surface area contributed by atoms with Crippen molar-refractivity contribution in [3.63, 3.8) is 0 Å². The van der Waals surface area contributed by atoms with Crippen LogP contribution in [0.15, 0.2) is 42.6 Å². The lowest BCUT2D eigenvalue weighted by Crippen LogP contribution is -2.15. The highest BCUT2D eigenvalue weighted by Crippen LogP contribution is 2.28. The number of nitrogens with zero attached hydrogens (tertiary/aromatic N) is 1. The molecule has 0 bridgehead atoms. The number of aryl methyl sites for hydroxylation is 2. The van der Waals surface area contributed by atoms with E-state index in [4.69, 9.17) is 9.47 Å². The number of fused-ring (bicyclic) bond motifs is 1. The maximum atomic E-state index is 5.34. The second-order valence-electron chi connectivity index (χ2n) is 4.12. The van der Waals surface area contributed by atoms with E-state index in [2.05, 4.69) is 24.0 Å². The van der Waals surface area contributed by atoms with Gasteiger partial charge in [0.05, 0.1) is 6.20 Å². The van der Waals surface area contributed by atoms with Crippen LogP contribution in [0.2, 0.25) is 0 Å². The minimum atomic E-state index is 0.623. The van der Waals surface area contributed by atoms with Gasteiger partial charge in [-0.05, 0) is 13.8 Å². The van der Waals surface area contributed by atoms with Crippen LogP contribution in [-0.4, -0.2) is 18.2 Å². The second-order valence-corrected chi connectivity index (χ2v) is 4.12. The Hall–Kier alpha value is -2.03. The average molecular weight is 243 g/mol. The van der Waals surface area contributed by atoms with E-state index >= 15 is 0 Å². The van der Waals surface area contributed by atoms with Crippen LogP contribution in [0, 0.1) is 13.8 Å². The van der Waals surface area contributed by atoms with Crippen molar-refractivity contribution in [1.82, 2.24) is 4.98 Å². The minimum Gasteiger partial charge on any atom is -0.486 e. The highest BCUT2D eigenvalue weighted by atomic mass is 16.6. The first-order valence-corrected chi connectivity index (χ1v) is 5.99. The molecule has 0 aliphatic carbocycles. The van der Waals surface area contributed by atoms with Crippen molar-refractivity contribution in [2.45, 2.75) is 13.8 Å². The van der Waals surface area contributed by atoms with E-state index in [9.17, 15) is 0 Å². The van der Waals surface area contributed by atoms with E-state index in [1.165, 1.54) is 5.56 Å². The normalized spacial score (nSPS) is 12.3. The molecule has 3 rings (SSSR count). The maximum Gasteiger partial charge on any atom is 0.179 e. The van der Waals surface area contributed by atoms with Gasteiger partial charge in [0.25, 0.3) is 0 Å². The number of pyridine rings is 1. The molecule has 1 aromatic heterocycles. The van der Waals surface area contributed by atoms with Crippen LogP contribution in [-0.2, 0) is 0 Å². The van der Waals surface area contributed by atoms with Crippen molar-refractivity contribution in [3.05, 3.63) is 53.9 Å². The van der Waals surface area contributed by atoms with Gasteiger partial charge in [-0.2, -0.15) is 0 Å². The van der Waals surface area contributed by atoms with E-state index < -0.39 is 0 Å². The van der Waals surface area contributed by atoms with E-state index in [-0.39, 0.29) is 0 Å². The van der Waals surface area contributed by atoms with Crippen molar-refractivity contribution in [2.75, 3.05) is 13.2 Å². The van der Waals surface area contributed by atoms with Crippen LogP contribution >= 0.6 is 0 Å². The molecule has 0 saturated carbocycles. The number of hydrogen-bond acceptors (Lipinski definition) is 3. The Labute approximate surface area is 107 Å². The van der Waals surface area contributed by atoms with E-state index in [1.54, 1.807) is 6.20 Å². The molecule has 0 N–H and O–H groups in total. The number of rotatable bonds is 0. The van der Waals surface area contributed by atoms with Crippen LogP contribution in [0.25, 0.3) is 0 Å². The van der Waals surface area contributed by atoms with Crippen LogP contribution in [0.5, 0.6) is 11.5 Å². The summed E-state index contributed by atoms with van der Waals surface area (Å²) in [6.07, 6.45) is 1.70. The Bertz CT molecular complexity index is 497. The summed E-state index contributed by atoms with van der Waals surface area (Å²) in [7, 11) is 0. The SMILES string of the molecule is Cc1cc2c(cn1)OCCO2.Cc1ccccc1. The molecular formula is C15H17NO2. The standard InChI is InChI=1S/C8H9NO2.C7H8/c1-6-4-7-8(5-9-6)11-3-2-10-7;1-7-5-3-2-4-6-7/h4-5H,2-3H2,1H3;2-6H,1H3. The fraction of sp³-hybridized carbons (Fsp3) is 0.267. The van der Waals surface area contributed by atoms with Crippen LogP contribution < -0.4 is 9.47 Å². The molecule has 1 aliphatic rings. The van der Waals surface area contributed by atoms with Crippen molar-refractivity contribution in [1.29, 1.82) is 0 Å². The fourth-order valence-electron chi connectivity index (χ4n) is 1.58. The molecule has 0 radical (unpaired) electrons. The summed E-state index contributed by atoms with van der Waals surface area (Å²) in [5, 5.41) is 0. The summed E-state index contributed by atoms with van der Waals surface area (Å²) >= 11 is 0. The molecule has 1 aliphatic heterocycles. The molecule has 3 heteroatoms. The third kappa shape index (κ3) is 3.48. The minimum absolute atomic E-state index is 0.623. The number of hydrogen-bond donors (Lipinski definition) is 0. The van der Waals surface area contributed by atoms with Gasteiger partial charge in [0.15, 0.2) is 11.5 Å². The summed E-state index contributed by atoms with van der Waals surface area (Å²) in [6, 6.07) is 12.1. The Morgan fingerprint density at radius 2 is 1.61 bits per heavy atom. The van der Waals surface area contributed by atoms with Crippen LogP contribution in [0.1, 0.15) is 11.3 Å². The lowest BCUT2D eigenvalue weighted by molar-refractivity contribution is 0.170. The fourth-order valence-corrected chi connectivity index (χ4v) is 1.58. The predicted octanol–water partition coefficient (Wildman–Crippen LogP) is 3.16. The molecule has 0 spiro atoms. The van der Waals surface area contributed by atoms with Gasteiger partial charge in [0.1, 0.15) is 13.2 Å². The zero-order valence-electron chi connectivity index (χ0n) is 10.7. The zero-order chi connectivity index (χ0) is 12.8. The monoisotopic (exact) mass is 243 g/mol. The van der Waals surface area contributed by atoms with Crippen molar-refractivity contribution >= 4 is 0 Å². The van der Waals surface area contributed by atoms with Gasteiger partial charge in [0, 0.05) is 11.8 Å². The molecule has 3 nitrogen and oxygen atoms in total. The van der Waals surface area contributed by atoms with Crippen LogP contribution in [0.4, 0.5) is 0 Å².